The number of H-pyrrole nitrogens is 1. The molecule has 8 nitrogen and oxygen atoms in total. The SMILES string of the molecule is CCc1nn(Cc2ccc(-c3nc4ncncc4[nH]3)cc2)c(CC)c1CC(=O)O. The molecule has 4 aromatic rings. The lowest BCUT2D eigenvalue weighted by atomic mass is 10.1. The van der Waals surface area contributed by atoms with Gasteiger partial charge in [0.15, 0.2) is 5.65 Å². The summed E-state index contributed by atoms with van der Waals surface area (Å²) in [4.78, 5) is 27.1. The molecule has 0 aliphatic rings. The number of carboxylic acids is 1. The molecule has 0 bridgehead atoms. The van der Waals surface area contributed by atoms with Crippen LogP contribution in [-0.4, -0.2) is 40.8 Å². The van der Waals surface area contributed by atoms with E-state index in [9.17, 15) is 9.90 Å². The summed E-state index contributed by atoms with van der Waals surface area (Å²) in [5, 5.41) is 13.9. The van der Waals surface area contributed by atoms with Gasteiger partial charge in [0.25, 0.3) is 0 Å². The topological polar surface area (TPSA) is 110 Å². The zero-order valence-electron chi connectivity index (χ0n) is 16.4. The number of hydrogen-bond acceptors (Lipinski definition) is 5. The van der Waals surface area contributed by atoms with Crippen molar-refractivity contribution in [3.63, 3.8) is 0 Å². The smallest absolute Gasteiger partial charge is 0.307 e. The Balaban J connectivity index is 1.60. The van der Waals surface area contributed by atoms with Crippen LogP contribution in [0.1, 0.15) is 36.4 Å². The van der Waals surface area contributed by atoms with Gasteiger partial charge in [-0.1, -0.05) is 38.1 Å². The highest BCUT2D eigenvalue weighted by molar-refractivity contribution is 5.74. The second-order valence-electron chi connectivity index (χ2n) is 6.85. The second-order valence-corrected chi connectivity index (χ2v) is 6.85. The Morgan fingerprint density at radius 3 is 2.62 bits per heavy atom. The molecule has 1 aromatic carbocycles. The molecule has 0 saturated heterocycles. The Morgan fingerprint density at radius 2 is 1.97 bits per heavy atom. The van der Waals surface area contributed by atoms with Crippen molar-refractivity contribution in [2.24, 2.45) is 0 Å². The van der Waals surface area contributed by atoms with E-state index in [1.165, 1.54) is 6.33 Å². The fraction of sp³-hybridized carbons (Fsp3) is 0.286. The zero-order chi connectivity index (χ0) is 20.4. The number of aliphatic carboxylic acids is 1. The van der Waals surface area contributed by atoms with E-state index < -0.39 is 5.97 Å². The molecular weight excluding hydrogens is 368 g/mol. The largest absolute Gasteiger partial charge is 0.481 e. The van der Waals surface area contributed by atoms with Gasteiger partial charge >= 0.3 is 5.97 Å². The highest BCUT2D eigenvalue weighted by atomic mass is 16.4. The van der Waals surface area contributed by atoms with Crippen molar-refractivity contribution in [1.82, 2.24) is 29.7 Å². The van der Waals surface area contributed by atoms with E-state index in [2.05, 4.69) is 25.0 Å². The molecule has 0 spiro atoms. The minimum atomic E-state index is -0.825. The van der Waals surface area contributed by atoms with Crippen molar-refractivity contribution in [2.45, 2.75) is 39.7 Å². The molecule has 0 saturated carbocycles. The van der Waals surface area contributed by atoms with Gasteiger partial charge in [-0.25, -0.2) is 15.0 Å². The molecule has 0 atom stereocenters. The van der Waals surface area contributed by atoms with Crippen molar-refractivity contribution >= 4 is 17.1 Å². The van der Waals surface area contributed by atoms with Crippen LogP contribution >= 0.6 is 0 Å². The number of nitrogens with zero attached hydrogens (tertiary/aromatic N) is 5. The number of aromatic nitrogens is 6. The first-order chi connectivity index (χ1) is 14.1. The third-order valence-corrected chi connectivity index (χ3v) is 4.97. The van der Waals surface area contributed by atoms with E-state index >= 15 is 0 Å². The van der Waals surface area contributed by atoms with Crippen molar-refractivity contribution in [2.75, 3.05) is 0 Å². The number of aryl methyl sites for hydroxylation is 1. The van der Waals surface area contributed by atoms with Gasteiger partial charge in [0.1, 0.15) is 17.7 Å². The predicted octanol–water partition coefficient (Wildman–Crippen LogP) is 3.02. The van der Waals surface area contributed by atoms with Crippen LogP contribution in [-0.2, 0) is 30.6 Å². The minimum absolute atomic E-state index is 0.0141. The Kier molecular flexibility index (Phi) is 5.07. The molecule has 0 aliphatic carbocycles. The van der Waals surface area contributed by atoms with Gasteiger partial charge in [0.05, 0.1) is 24.9 Å². The molecule has 0 radical (unpaired) electrons. The first kappa shape index (κ1) is 18.8. The molecule has 0 aliphatic heterocycles. The Bertz CT molecular complexity index is 1130. The maximum absolute atomic E-state index is 11.3. The standard InChI is InChI=1S/C21H22N6O2/c1-3-16-15(9-19(28)29)18(4-2)27(26-16)11-13-5-7-14(8-6-13)20-24-17-10-22-12-23-21(17)25-20/h5-8,10,12H,3-4,9,11H2,1-2H3,(H,28,29)(H,22,23,24,25). The summed E-state index contributed by atoms with van der Waals surface area (Å²) < 4.78 is 1.93. The lowest BCUT2D eigenvalue weighted by Crippen LogP contribution is -2.08. The molecule has 0 unspecified atom stereocenters. The predicted molar refractivity (Wildman–Crippen MR) is 109 cm³/mol. The lowest BCUT2D eigenvalue weighted by Gasteiger charge is -2.08. The number of nitrogens with one attached hydrogen (secondary N) is 1. The van der Waals surface area contributed by atoms with Gasteiger partial charge in [-0.15, -0.1) is 0 Å². The van der Waals surface area contributed by atoms with Crippen LogP contribution in [0.15, 0.2) is 36.8 Å². The Morgan fingerprint density at radius 1 is 1.17 bits per heavy atom. The van der Waals surface area contributed by atoms with E-state index in [0.717, 1.165) is 52.3 Å². The molecule has 0 fully saturated rings. The van der Waals surface area contributed by atoms with Gasteiger partial charge in [0, 0.05) is 16.8 Å². The van der Waals surface area contributed by atoms with E-state index in [-0.39, 0.29) is 6.42 Å². The molecule has 29 heavy (non-hydrogen) atoms. The first-order valence-electron chi connectivity index (χ1n) is 9.63. The van der Waals surface area contributed by atoms with Crippen LogP contribution in [0.3, 0.4) is 0 Å². The van der Waals surface area contributed by atoms with Crippen LogP contribution < -0.4 is 0 Å². The van der Waals surface area contributed by atoms with Crippen LogP contribution in [0, 0.1) is 0 Å². The second kappa shape index (κ2) is 7.83. The molecular formula is C21H22N6O2. The van der Waals surface area contributed by atoms with Gasteiger partial charge in [0.2, 0.25) is 0 Å². The highest BCUT2D eigenvalue weighted by Crippen LogP contribution is 2.22. The van der Waals surface area contributed by atoms with Crippen LogP contribution in [0.2, 0.25) is 0 Å². The number of hydrogen-bond donors (Lipinski definition) is 2. The number of aromatic amines is 1. The van der Waals surface area contributed by atoms with E-state index in [4.69, 9.17) is 0 Å². The summed E-state index contributed by atoms with van der Waals surface area (Å²) in [7, 11) is 0. The van der Waals surface area contributed by atoms with Crippen LogP contribution in [0.5, 0.6) is 0 Å². The Labute approximate surface area is 167 Å². The maximum atomic E-state index is 11.3. The van der Waals surface area contributed by atoms with Gasteiger partial charge < -0.3 is 10.1 Å². The number of carbonyl (C=O) groups is 1. The first-order valence-corrected chi connectivity index (χ1v) is 9.63. The lowest BCUT2D eigenvalue weighted by molar-refractivity contribution is -0.136. The van der Waals surface area contributed by atoms with E-state index in [0.29, 0.717) is 12.2 Å². The third kappa shape index (κ3) is 3.73. The van der Waals surface area contributed by atoms with E-state index in [1.807, 2.05) is 42.8 Å². The molecule has 2 N–H and O–H groups in total. The van der Waals surface area contributed by atoms with Crippen molar-refractivity contribution < 1.29 is 9.90 Å². The number of benzene rings is 1. The molecule has 3 aromatic heterocycles. The fourth-order valence-corrected chi connectivity index (χ4v) is 3.59. The molecule has 8 heteroatoms. The maximum Gasteiger partial charge on any atom is 0.307 e. The summed E-state index contributed by atoms with van der Waals surface area (Å²) in [5.74, 6) is -0.0776. The minimum Gasteiger partial charge on any atom is -0.481 e. The van der Waals surface area contributed by atoms with Crippen LogP contribution in [0.25, 0.3) is 22.6 Å². The third-order valence-electron chi connectivity index (χ3n) is 4.97. The quantitative estimate of drug-likeness (QED) is 0.502. The Hall–Kier alpha value is -3.55. The zero-order valence-corrected chi connectivity index (χ0v) is 16.4. The average molecular weight is 390 g/mol. The number of carboxylic acid groups (broad SMARTS) is 1. The molecule has 148 valence electrons. The monoisotopic (exact) mass is 390 g/mol. The van der Waals surface area contributed by atoms with Gasteiger partial charge in [-0.05, 0) is 18.4 Å². The summed E-state index contributed by atoms with van der Waals surface area (Å²) in [6, 6.07) is 8.10. The van der Waals surface area contributed by atoms with Crippen molar-refractivity contribution in [3.8, 4) is 11.4 Å². The summed E-state index contributed by atoms with van der Waals surface area (Å²) >= 11 is 0. The normalized spacial score (nSPS) is 11.2. The molecule has 3 heterocycles. The number of imidazole rings is 1. The summed E-state index contributed by atoms with van der Waals surface area (Å²) in [6.45, 7) is 4.64. The van der Waals surface area contributed by atoms with Gasteiger partial charge in [-0.3, -0.25) is 9.48 Å². The van der Waals surface area contributed by atoms with E-state index in [1.54, 1.807) is 6.20 Å². The van der Waals surface area contributed by atoms with Crippen LogP contribution in [0.4, 0.5) is 0 Å². The highest BCUT2D eigenvalue weighted by Gasteiger charge is 2.18. The summed E-state index contributed by atoms with van der Waals surface area (Å²) in [5.41, 5.74) is 6.20. The molecule has 4 rings (SSSR count). The number of fused-ring (bicyclic) bond motifs is 1. The number of rotatable bonds is 7. The van der Waals surface area contributed by atoms with Crippen molar-refractivity contribution in [3.05, 3.63) is 59.3 Å². The summed E-state index contributed by atoms with van der Waals surface area (Å²) in [6.07, 6.45) is 4.66. The molecule has 0 amide bonds. The fourth-order valence-electron chi connectivity index (χ4n) is 3.59. The van der Waals surface area contributed by atoms with Crippen molar-refractivity contribution in [1.29, 1.82) is 0 Å². The van der Waals surface area contributed by atoms with Gasteiger partial charge in [-0.2, -0.15) is 5.10 Å². The average Bonchev–Trinajstić information content (AvgIpc) is 3.29.